The van der Waals surface area contributed by atoms with Crippen LogP contribution in [-0.2, 0) is 17.8 Å². The number of rotatable bonds is 7. The van der Waals surface area contributed by atoms with Gasteiger partial charge >= 0.3 is 0 Å². The van der Waals surface area contributed by atoms with E-state index in [-0.39, 0.29) is 18.1 Å². The third-order valence-corrected chi connectivity index (χ3v) is 6.87. The largest absolute Gasteiger partial charge is 0.502 e. The molecule has 5 rings (SSSR count). The van der Waals surface area contributed by atoms with Crippen molar-refractivity contribution in [2.45, 2.75) is 46.1 Å². The topological polar surface area (TPSA) is 95.8 Å². The van der Waals surface area contributed by atoms with Gasteiger partial charge in [-0.2, -0.15) is 0 Å². The lowest BCUT2D eigenvalue weighted by Crippen LogP contribution is -2.36. The second kappa shape index (κ2) is 10.2. The van der Waals surface area contributed by atoms with Gasteiger partial charge in [0.1, 0.15) is 11.5 Å². The summed E-state index contributed by atoms with van der Waals surface area (Å²) in [5, 5.41) is 11.8. The second-order valence-electron chi connectivity index (χ2n) is 10.2. The quantitative estimate of drug-likeness (QED) is 0.360. The zero-order valence-electron chi connectivity index (χ0n) is 21.4. The number of amides is 1. The number of aromatic hydroxyl groups is 1. The number of carbonyl (C=O) groups is 1. The first-order valence-electron chi connectivity index (χ1n) is 12.7. The summed E-state index contributed by atoms with van der Waals surface area (Å²) in [7, 11) is 0. The minimum absolute atomic E-state index is 0.0573. The van der Waals surface area contributed by atoms with E-state index in [1.54, 1.807) is 6.92 Å². The Labute approximate surface area is 215 Å². The predicted molar refractivity (Wildman–Crippen MR) is 142 cm³/mol. The minimum Gasteiger partial charge on any atom is -0.502 e. The normalized spacial score (nSPS) is 14.1. The summed E-state index contributed by atoms with van der Waals surface area (Å²) in [5.74, 6) is 0.456. The van der Waals surface area contributed by atoms with Gasteiger partial charge in [-0.1, -0.05) is 44.2 Å². The smallest absolute Gasteiger partial charge is 0.227 e. The van der Waals surface area contributed by atoms with Gasteiger partial charge in [-0.3, -0.25) is 9.59 Å². The number of benzene rings is 2. The molecule has 0 unspecified atom stereocenters. The van der Waals surface area contributed by atoms with Gasteiger partial charge < -0.3 is 24.1 Å². The van der Waals surface area contributed by atoms with E-state index in [0.29, 0.717) is 31.4 Å². The van der Waals surface area contributed by atoms with Crippen LogP contribution in [0.4, 0.5) is 0 Å². The van der Waals surface area contributed by atoms with Gasteiger partial charge in [0.05, 0.1) is 19.1 Å². The highest BCUT2D eigenvalue weighted by molar-refractivity contribution is 5.86. The number of nitrogens with zero attached hydrogens (tertiary/aromatic N) is 1. The van der Waals surface area contributed by atoms with E-state index in [1.807, 2.05) is 47.4 Å². The Morgan fingerprint density at radius 3 is 2.68 bits per heavy atom. The van der Waals surface area contributed by atoms with Crippen LogP contribution in [0.3, 0.4) is 0 Å². The van der Waals surface area contributed by atoms with Gasteiger partial charge in [-0.25, -0.2) is 0 Å². The minimum atomic E-state index is -0.622. The summed E-state index contributed by atoms with van der Waals surface area (Å²) in [4.78, 5) is 31.3. The van der Waals surface area contributed by atoms with Crippen LogP contribution in [0.2, 0.25) is 0 Å². The van der Waals surface area contributed by atoms with Crippen LogP contribution in [0.15, 0.2) is 63.8 Å². The van der Waals surface area contributed by atoms with Crippen LogP contribution in [0.1, 0.15) is 54.5 Å². The second-order valence-corrected chi connectivity index (χ2v) is 10.2. The van der Waals surface area contributed by atoms with Gasteiger partial charge in [-0.05, 0) is 48.6 Å². The molecule has 0 saturated carbocycles. The van der Waals surface area contributed by atoms with Gasteiger partial charge in [-0.15, -0.1) is 0 Å². The van der Waals surface area contributed by atoms with E-state index >= 15 is 0 Å². The van der Waals surface area contributed by atoms with Crippen molar-refractivity contribution in [3.8, 4) is 11.5 Å². The summed E-state index contributed by atoms with van der Waals surface area (Å²) < 4.78 is 11.6. The zero-order valence-corrected chi connectivity index (χ0v) is 21.4. The Morgan fingerprint density at radius 2 is 1.92 bits per heavy atom. The summed E-state index contributed by atoms with van der Waals surface area (Å²) in [6.07, 6.45) is 0.824. The van der Waals surface area contributed by atoms with Crippen molar-refractivity contribution < 1.29 is 19.1 Å². The number of ether oxygens (including phenoxy) is 1. The van der Waals surface area contributed by atoms with Crippen LogP contribution in [0.5, 0.6) is 11.5 Å². The average molecular weight is 501 g/mol. The fraction of sp³-hybridized carbons (Fsp3) is 0.333. The Kier molecular flexibility index (Phi) is 6.78. The third kappa shape index (κ3) is 5.12. The van der Waals surface area contributed by atoms with Crippen molar-refractivity contribution in [3.05, 3.63) is 93.2 Å². The first-order valence-corrected chi connectivity index (χ1v) is 12.7. The van der Waals surface area contributed by atoms with Crippen LogP contribution in [0, 0.1) is 12.8 Å². The maximum Gasteiger partial charge on any atom is 0.227 e. The molecule has 0 bridgehead atoms. The number of fused-ring (bicyclic) bond motifs is 3. The lowest BCUT2D eigenvalue weighted by atomic mass is 9.91. The Bertz CT molecular complexity index is 1480. The van der Waals surface area contributed by atoms with Gasteiger partial charge in [0, 0.05) is 35.6 Å². The van der Waals surface area contributed by atoms with Crippen LogP contribution < -0.4 is 10.2 Å². The van der Waals surface area contributed by atoms with Gasteiger partial charge in [0.15, 0.2) is 5.76 Å². The van der Waals surface area contributed by atoms with Gasteiger partial charge in [0.25, 0.3) is 0 Å². The maximum absolute atomic E-state index is 13.6. The lowest BCUT2D eigenvalue weighted by Gasteiger charge is -2.29. The van der Waals surface area contributed by atoms with Crippen LogP contribution in [-0.4, -0.2) is 34.0 Å². The molecule has 2 N–H and O–H groups in total. The molecule has 1 aliphatic heterocycles. The van der Waals surface area contributed by atoms with Crippen molar-refractivity contribution >= 4 is 16.8 Å². The van der Waals surface area contributed by atoms with Crippen molar-refractivity contribution in [2.75, 3.05) is 13.2 Å². The SMILES string of the molecule is Cc1cc(=O)c(O)c([C@@H](CC(=O)N2CCc3c([nH]c4ccccc34)C2)c2ccc(OCC(C)C)cc2)o1. The highest BCUT2D eigenvalue weighted by Crippen LogP contribution is 2.35. The van der Waals surface area contributed by atoms with E-state index in [4.69, 9.17) is 9.15 Å². The standard InChI is InChI=1S/C30H32N2O5/c1-18(2)17-36-21-10-8-20(9-11-21)24(30-29(35)27(33)14-19(3)37-30)15-28(34)32-13-12-23-22-6-4-5-7-25(22)31-26(23)16-32/h4-11,14,18,24,31,35H,12-13,15-17H2,1-3H3/t24-/m0/s1. The molecule has 37 heavy (non-hydrogen) atoms. The third-order valence-electron chi connectivity index (χ3n) is 6.87. The summed E-state index contributed by atoms with van der Waals surface area (Å²) >= 11 is 0. The van der Waals surface area contributed by atoms with E-state index in [2.05, 4.69) is 24.9 Å². The molecule has 0 radical (unpaired) electrons. The van der Waals surface area contributed by atoms with E-state index in [1.165, 1.54) is 17.0 Å². The Balaban J connectivity index is 1.43. The number of aryl methyl sites for hydroxylation is 1. The molecule has 0 saturated heterocycles. The van der Waals surface area contributed by atoms with Crippen LogP contribution in [0.25, 0.3) is 10.9 Å². The van der Waals surface area contributed by atoms with E-state index in [0.717, 1.165) is 28.9 Å². The number of hydrogen-bond donors (Lipinski definition) is 2. The Morgan fingerprint density at radius 1 is 1.16 bits per heavy atom. The number of para-hydroxylation sites is 1. The molecule has 0 spiro atoms. The molecule has 0 fully saturated rings. The zero-order chi connectivity index (χ0) is 26.1. The van der Waals surface area contributed by atoms with Gasteiger partial charge in [0.2, 0.25) is 17.1 Å². The summed E-state index contributed by atoms with van der Waals surface area (Å²) in [6.45, 7) is 7.51. The van der Waals surface area contributed by atoms with Crippen molar-refractivity contribution in [3.63, 3.8) is 0 Å². The van der Waals surface area contributed by atoms with E-state index in [9.17, 15) is 14.7 Å². The first kappa shape index (κ1) is 24.7. The molecule has 7 heteroatoms. The van der Waals surface area contributed by atoms with Crippen molar-refractivity contribution in [1.29, 1.82) is 0 Å². The molecule has 2 aromatic carbocycles. The monoisotopic (exact) mass is 500 g/mol. The molecule has 192 valence electrons. The van der Waals surface area contributed by atoms with E-state index < -0.39 is 17.1 Å². The summed E-state index contributed by atoms with van der Waals surface area (Å²) in [6, 6.07) is 16.8. The van der Waals surface area contributed by atoms with Crippen LogP contribution >= 0.6 is 0 Å². The number of H-pyrrole nitrogens is 1. The number of aromatic nitrogens is 1. The molecule has 4 aromatic rings. The fourth-order valence-corrected chi connectivity index (χ4v) is 4.99. The van der Waals surface area contributed by atoms with Crippen molar-refractivity contribution in [2.24, 2.45) is 5.92 Å². The fourth-order valence-electron chi connectivity index (χ4n) is 4.99. The average Bonchev–Trinajstić information content (AvgIpc) is 3.26. The molecule has 3 heterocycles. The highest BCUT2D eigenvalue weighted by atomic mass is 16.5. The molecule has 0 aliphatic carbocycles. The van der Waals surface area contributed by atoms with Crippen molar-refractivity contribution in [1.82, 2.24) is 9.88 Å². The molecular formula is C30H32N2O5. The number of carbonyl (C=O) groups excluding carboxylic acids is 1. The number of aromatic amines is 1. The predicted octanol–water partition coefficient (Wildman–Crippen LogP) is 5.28. The first-order chi connectivity index (χ1) is 17.8. The summed E-state index contributed by atoms with van der Waals surface area (Å²) in [5.41, 5.74) is 3.63. The molecule has 1 aliphatic rings. The number of hydrogen-bond acceptors (Lipinski definition) is 5. The molecule has 1 atom stereocenters. The molecule has 7 nitrogen and oxygen atoms in total. The Hall–Kier alpha value is -4.00. The highest BCUT2D eigenvalue weighted by Gasteiger charge is 2.30. The lowest BCUT2D eigenvalue weighted by molar-refractivity contribution is -0.132. The molecule has 2 aromatic heterocycles. The number of nitrogens with one attached hydrogen (secondary N) is 1. The molecular weight excluding hydrogens is 468 g/mol. The molecule has 1 amide bonds. The maximum atomic E-state index is 13.6.